The minimum absolute atomic E-state index is 0.297. The van der Waals surface area contributed by atoms with Crippen molar-refractivity contribution in [3.05, 3.63) is 11.9 Å². The Morgan fingerprint density at radius 2 is 2.28 bits per heavy atom. The van der Waals surface area contributed by atoms with Crippen molar-refractivity contribution in [2.75, 3.05) is 23.3 Å². The van der Waals surface area contributed by atoms with Crippen molar-refractivity contribution in [1.82, 2.24) is 9.97 Å². The molecule has 1 unspecified atom stereocenters. The van der Waals surface area contributed by atoms with Crippen LogP contribution in [0.3, 0.4) is 0 Å². The molecule has 1 fully saturated rings. The number of nitrogens with one attached hydrogen (secondary N) is 1. The molecule has 1 aliphatic rings. The molecule has 7 heteroatoms. The predicted molar refractivity (Wildman–Crippen MR) is 71.1 cm³/mol. The molecule has 6 nitrogen and oxygen atoms in total. The van der Waals surface area contributed by atoms with Crippen LogP contribution in [0.2, 0.25) is 0 Å². The number of sulfone groups is 1. The number of aromatic nitrogens is 2. The number of anilines is 2. The fourth-order valence-electron chi connectivity index (χ4n) is 2.07. The Balaban J connectivity index is 2.04. The largest absolute Gasteiger partial charge is 0.384 e. The monoisotopic (exact) mass is 270 g/mol. The normalized spacial score (nSPS) is 21.9. The van der Waals surface area contributed by atoms with Crippen LogP contribution in [0.15, 0.2) is 6.07 Å². The Morgan fingerprint density at radius 3 is 2.89 bits per heavy atom. The van der Waals surface area contributed by atoms with E-state index in [2.05, 4.69) is 15.3 Å². The summed E-state index contributed by atoms with van der Waals surface area (Å²) >= 11 is 0. The van der Waals surface area contributed by atoms with Gasteiger partial charge in [-0.3, -0.25) is 0 Å². The zero-order chi connectivity index (χ0) is 13.2. The summed E-state index contributed by atoms with van der Waals surface area (Å²) < 4.78 is 23.4. The highest BCUT2D eigenvalue weighted by molar-refractivity contribution is 7.92. The molecule has 1 aromatic rings. The van der Waals surface area contributed by atoms with Gasteiger partial charge in [0, 0.05) is 19.0 Å². The van der Waals surface area contributed by atoms with Crippen LogP contribution in [-0.4, -0.2) is 35.9 Å². The summed E-state index contributed by atoms with van der Waals surface area (Å²) in [6, 6.07) is 1.63. The summed E-state index contributed by atoms with van der Waals surface area (Å²) in [5, 5.41) is 2.74. The molecule has 1 atom stereocenters. The maximum absolute atomic E-state index is 11.7. The van der Waals surface area contributed by atoms with E-state index in [1.165, 1.54) is 0 Å². The molecule has 0 aliphatic carbocycles. The third-order valence-electron chi connectivity index (χ3n) is 3.08. The molecule has 0 spiro atoms. The van der Waals surface area contributed by atoms with Crippen molar-refractivity contribution in [3.63, 3.8) is 0 Å². The van der Waals surface area contributed by atoms with Crippen molar-refractivity contribution in [1.29, 1.82) is 0 Å². The zero-order valence-electron chi connectivity index (χ0n) is 10.4. The van der Waals surface area contributed by atoms with Crippen LogP contribution in [-0.2, 0) is 16.3 Å². The second kappa shape index (κ2) is 5.09. The first-order valence-electron chi connectivity index (χ1n) is 6.10. The van der Waals surface area contributed by atoms with Crippen LogP contribution in [0.1, 0.15) is 25.6 Å². The summed E-state index contributed by atoms with van der Waals surface area (Å²) in [6.07, 6.45) is 2.17. The predicted octanol–water partition coefficient (Wildman–Crippen LogP) is 0.610. The zero-order valence-corrected chi connectivity index (χ0v) is 11.2. The Hall–Kier alpha value is -1.37. The van der Waals surface area contributed by atoms with Gasteiger partial charge >= 0.3 is 0 Å². The number of nitrogen functional groups attached to an aromatic ring is 1. The quantitative estimate of drug-likeness (QED) is 0.832. The van der Waals surface area contributed by atoms with Crippen molar-refractivity contribution in [2.24, 2.45) is 0 Å². The lowest BCUT2D eigenvalue weighted by atomic mass is 10.2. The van der Waals surface area contributed by atoms with Gasteiger partial charge in [-0.2, -0.15) is 0 Å². The minimum atomic E-state index is -2.92. The van der Waals surface area contributed by atoms with Crippen molar-refractivity contribution in [3.8, 4) is 0 Å². The number of hydrogen-bond donors (Lipinski definition) is 2. The van der Waals surface area contributed by atoms with E-state index in [9.17, 15) is 8.42 Å². The highest BCUT2D eigenvalue weighted by Crippen LogP contribution is 2.20. The smallest absolute Gasteiger partial charge is 0.154 e. The number of nitrogens with zero attached hydrogens (tertiary/aromatic N) is 2. The summed E-state index contributed by atoms with van der Waals surface area (Å²) in [5.74, 6) is 1.96. The van der Waals surface area contributed by atoms with E-state index in [0.29, 0.717) is 36.2 Å². The molecule has 0 saturated carbocycles. The molecular formula is C11H18N4O2S. The summed E-state index contributed by atoms with van der Waals surface area (Å²) in [7, 11) is -2.92. The topological polar surface area (TPSA) is 98.0 Å². The number of aryl methyl sites for hydroxylation is 1. The highest BCUT2D eigenvalue weighted by Gasteiger charge is 2.30. The number of nitrogens with two attached hydrogens (primary N) is 1. The van der Waals surface area contributed by atoms with Crippen LogP contribution in [0, 0.1) is 0 Å². The molecule has 18 heavy (non-hydrogen) atoms. The van der Waals surface area contributed by atoms with Gasteiger partial charge in [0.2, 0.25) is 0 Å². The van der Waals surface area contributed by atoms with E-state index in [1.807, 2.05) is 6.92 Å². The molecule has 0 aromatic carbocycles. The van der Waals surface area contributed by atoms with Gasteiger partial charge < -0.3 is 11.1 Å². The van der Waals surface area contributed by atoms with Gasteiger partial charge in [-0.1, -0.05) is 6.92 Å². The van der Waals surface area contributed by atoms with Crippen molar-refractivity contribution in [2.45, 2.75) is 31.4 Å². The molecule has 1 aromatic heterocycles. The summed E-state index contributed by atoms with van der Waals surface area (Å²) in [5.41, 5.74) is 5.66. The molecule has 3 N–H and O–H groups in total. The summed E-state index contributed by atoms with van der Waals surface area (Å²) in [4.78, 5) is 8.33. The summed E-state index contributed by atoms with van der Waals surface area (Å²) in [6.45, 7) is 2.34. The first-order valence-corrected chi connectivity index (χ1v) is 7.81. The van der Waals surface area contributed by atoms with E-state index in [1.54, 1.807) is 6.07 Å². The second-order valence-electron chi connectivity index (χ2n) is 4.46. The van der Waals surface area contributed by atoms with E-state index < -0.39 is 9.84 Å². The van der Waals surface area contributed by atoms with Gasteiger partial charge in [0.1, 0.15) is 17.5 Å². The molecule has 0 bridgehead atoms. The van der Waals surface area contributed by atoms with Gasteiger partial charge in [0.25, 0.3) is 0 Å². The lowest BCUT2D eigenvalue weighted by Gasteiger charge is -2.12. The van der Waals surface area contributed by atoms with Crippen LogP contribution in [0.4, 0.5) is 11.6 Å². The molecule has 1 saturated heterocycles. The Kier molecular flexibility index (Phi) is 3.70. The lowest BCUT2D eigenvalue weighted by Crippen LogP contribution is -2.25. The van der Waals surface area contributed by atoms with Gasteiger partial charge in [0.15, 0.2) is 9.84 Å². The molecule has 0 radical (unpaired) electrons. The van der Waals surface area contributed by atoms with E-state index >= 15 is 0 Å². The number of hydrogen-bond acceptors (Lipinski definition) is 6. The fraction of sp³-hybridized carbons (Fsp3) is 0.636. The lowest BCUT2D eigenvalue weighted by molar-refractivity contribution is 0.591. The fourth-order valence-corrected chi connectivity index (χ4v) is 3.84. The Labute approximate surface area is 107 Å². The molecule has 100 valence electrons. The van der Waals surface area contributed by atoms with Crippen LogP contribution < -0.4 is 11.1 Å². The van der Waals surface area contributed by atoms with Crippen LogP contribution >= 0.6 is 0 Å². The van der Waals surface area contributed by atoms with Gasteiger partial charge in [-0.15, -0.1) is 0 Å². The SMILES string of the molecule is CCc1nc(N)cc(NCC2CCCS2(=O)=O)n1. The van der Waals surface area contributed by atoms with E-state index in [0.717, 1.165) is 12.8 Å². The highest BCUT2D eigenvalue weighted by atomic mass is 32.2. The molecule has 1 aliphatic heterocycles. The maximum atomic E-state index is 11.7. The average molecular weight is 270 g/mol. The first kappa shape index (κ1) is 13.1. The standard InChI is InChI=1S/C11H18N4O2S/c1-2-10-14-9(12)6-11(15-10)13-7-8-4-3-5-18(8,16)17/h6,8H,2-5,7H2,1H3,(H3,12,13,14,15). The van der Waals surface area contributed by atoms with Crippen LogP contribution in [0.25, 0.3) is 0 Å². The van der Waals surface area contributed by atoms with Crippen LogP contribution in [0.5, 0.6) is 0 Å². The second-order valence-corrected chi connectivity index (χ2v) is 6.86. The van der Waals surface area contributed by atoms with E-state index in [-0.39, 0.29) is 5.25 Å². The van der Waals surface area contributed by atoms with Gasteiger partial charge in [-0.25, -0.2) is 18.4 Å². The third-order valence-corrected chi connectivity index (χ3v) is 5.36. The molecule has 2 rings (SSSR count). The van der Waals surface area contributed by atoms with Gasteiger partial charge in [0.05, 0.1) is 11.0 Å². The maximum Gasteiger partial charge on any atom is 0.154 e. The van der Waals surface area contributed by atoms with E-state index in [4.69, 9.17) is 5.73 Å². The Morgan fingerprint density at radius 1 is 1.50 bits per heavy atom. The molecule has 0 amide bonds. The third kappa shape index (κ3) is 2.90. The average Bonchev–Trinajstić information content (AvgIpc) is 2.65. The minimum Gasteiger partial charge on any atom is -0.384 e. The van der Waals surface area contributed by atoms with Crippen molar-refractivity contribution >= 4 is 21.5 Å². The van der Waals surface area contributed by atoms with Gasteiger partial charge in [-0.05, 0) is 12.8 Å². The first-order chi connectivity index (χ1) is 8.51. The molecule has 2 heterocycles. The Bertz CT molecular complexity index is 530. The van der Waals surface area contributed by atoms with Crippen molar-refractivity contribution < 1.29 is 8.42 Å². The number of rotatable bonds is 4. The molecular weight excluding hydrogens is 252 g/mol.